The molecule has 1 aliphatic carbocycles. The van der Waals surface area contributed by atoms with E-state index in [0.717, 1.165) is 105 Å². The Morgan fingerprint density at radius 2 is 0.387 bits per heavy atom. The molecule has 1 aliphatic rings. The fourth-order valence-electron chi connectivity index (χ4n) is 22.3. The summed E-state index contributed by atoms with van der Waals surface area (Å²) in [7, 11) is 0. The Morgan fingerprint density at radius 1 is 0.147 bits per heavy atom. The minimum Gasteiger partial charge on any atom is -0.309 e. The lowest BCUT2D eigenvalue weighted by atomic mass is 9.89. The molecule has 30 rings (SSSR count). The van der Waals surface area contributed by atoms with Crippen LogP contribution in [0.25, 0.3) is 251 Å². The van der Waals surface area contributed by atoms with Gasteiger partial charge < -0.3 is 13.7 Å². The highest BCUT2D eigenvalue weighted by Crippen LogP contribution is 2.53. The van der Waals surface area contributed by atoms with Crippen molar-refractivity contribution in [2.75, 3.05) is 0 Å². The van der Waals surface area contributed by atoms with Crippen LogP contribution in [0.1, 0.15) is 22.6 Å². The highest BCUT2D eigenvalue weighted by molar-refractivity contribution is 6.18. The van der Waals surface area contributed by atoms with Crippen LogP contribution in [0.3, 0.4) is 0 Å². The van der Waals surface area contributed by atoms with E-state index in [-0.39, 0.29) is 5.92 Å². The molecule has 8 aromatic heterocycles. The van der Waals surface area contributed by atoms with Gasteiger partial charge in [-0.15, -0.1) is 0 Å². The molecule has 0 aliphatic heterocycles. The molecule has 0 saturated heterocycles. The lowest BCUT2D eigenvalue weighted by Gasteiger charge is -2.15. The van der Waals surface area contributed by atoms with Crippen LogP contribution in [0.2, 0.25) is 0 Å². The van der Waals surface area contributed by atoms with Gasteiger partial charge in [0.1, 0.15) is 0 Å². The molecule has 8 heterocycles. The van der Waals surface area contributed by atoms with Gasteiger partial charge in [-0.05, 0) is 172 Å². The number of hydrogen-bond donors (Lipinski definition) is 0. The molecule has 0 radical (unpaired) electrons. The predicted octanol–water partition coefficient (Wildman–Crippen LogP) is 33.3. The lowest BCUT2D eigenvalue weighted by Crippen LogP contribution is -2.07. The molecule has 1 atom stereocenters. The van der Waals surface area contributed by atoms with Gasteiger partial charge in [0.2, 0.25) is 11.9 Å². The number of nitrogens with zero attached hydrogens (tertiary/aromatic N) is 14. The maximum atomic E-state index is 5.17. The molecule has 0 fully saturated rings. The van der Waals surface area contributed by atoms with Crippen molar-refractivity contribution in [3.63, 3.8) is 0 Å². The molecular formula is C136H88N14. The molecule has 0 bridgehead atoms. The predicted molar refractivity (Wildman–Crippen MR) is 613 cm³/mol. The number of hydrogen-bond acceptors (Lipinski definition) is 9. The lowest BCUT2D eigenvalue weighted by molar-refractivity contribution is 0.952. The van der Waals surface area contributed by atoms with Crippen LogP contribution in [0, 0.1) is 0 Å². The summed E-state index contributed by atoms with van der Waals surface area (Å²) < 4.78 is 11.5. The molecule has 1 unspecified atom stereocenters. The van der Waals surface area contributed by atoms with Gasteiger partial charge in [-0.1, -0.05) is 400 Å². The number of aromatic nitrogens is 14. The van der Waals surface area contributed by atoms with Crippen molar-refractivity contribution in [2.24, 2.45) is 0 Å². The van der Waals surface area contributed by atoms with Gasteiger partial charge in [-0.2, -0.15) is 19.9 Å². The summed E-state index contributed by atoms with van der Waals surface area (Å²) in [6.45, 7) is 0. The van der Waals surface area contributed by atoms with E-state index >= 15 is 0 Å². The van der Waals surface area contributed by atoms with Crippen LogP contribution in [0.5, 0.6) is 0 Å². The summed E-state index contributed by atoms with van der Waals surface area (Å²) in [6, 6.07) is 185. The SMILES string of the molecule is c1ccc(-c2nc(-c3ccccc3)nc(-c3ccc(-n4c5ccccc5c5cc(-c6ccc7c(c6)c6ccccc6n7-c6ccccc6)ccc54)cc3)n2)cc1.c1ccc(-c2nc(-c3ccccc3)nc(-n3c4ccccc4c4cc(-c5ccc6c(c5)c5ccccc5n6-c5ccccc5)ccc43)n2)cc1.c1ccc(-c2nc(-c3ccccc3)nc(-n3c4ccccc4c4ccc5c(c43)-c3ccccc3C5c3ccccc3)n2)cc1. The van der Waals surface area contributed by atoms with Crippen molar-refractivity contribution in [2.45, 2.75) is 5.92 Å². The molecule has 14 heteroatoms. The molecule has 0 saturated carbocycles. The Hall–Kier alpha value is -20.4. The summed E-state index contributed by atoms with van der Waals surface area (Å²) in [5.41, 5.74) is 32.5. The fraction of sp³-hybridized carbons (Fsp3) is 0.00735. The molecule has 0 N–H and O–H groups in total. The standard InChI is InChI=1S/C51H33N5.C45H29N5.C40H26N4/c1-4-14-34(15-5-1)49-52-50(35-16-6-2-7-17-35)54-51(53-49)36-24-28-40(29-25-36)56-46-23-13-11-21-42(46)44-33-38(27-31-48(44)56)37-26-30-47-43(32-37)41-20-10-12-22-45(41)55(47)39-18-8-3-9-19-39;1-4-14-30(15-5-1)43-46-44(31-16-6-2-7-17-31)48-45(47-43)50-40-23-13-11-21-36(40)38-29-33(25-27-42(38)50)32-24-26-41-37(28-32)35-20-10-12-22-39(35)49(41)34-18-8-3-9-19-34;1-4-14-26(15-5-1)35-30-21-10-11-22-31(30)36-33(35)25-24-32-29-20-12-13-23-34(29)44(37(32)36)40-42-38(27-16-6-2-7-17-27)41-39(43-40)28-18-8-3-9-19-28/h1-33H;1-29H;1-25,35H. The largest absolute Gasteiger partial charge is 0.309 e. The van der Waals surface area contributed by atoms with Gasteiger partial charge in [-0.25, -0.2) is 24.9 Å². The third-order valence-corrected chi connectivity index (χ3v) is 29.1. The first-order valence-electron chi connectivity index (χ1n) is 50.6. The van der Waals surface area contributed by atoms with Crippen molar-refractivity contribution >= 4 is 109 Å². The summed E-state index contributed by atoms with van der Waals surface area (Å²) in [5.74, 6) is 5.86. The first-order chi connectivity index (χ1) is 74.4. The molecule has 0 spiro atoms. The summed E-state index contributed by atoms with van der Waals surface area (Å²) in [5, 5.41) is 12.1. The quantitative estimate of drug-likeness (QED) is 0.0981. The van der Waals surface area contributed by atoms with E-state index in [9.17, 15) is 0 Å². The Kier molecular flexibility index (Phi) is 21.6. The second kappa shape index (κ2) is 37.1. The van der Waals surface area contributed by atoms with Crippen LogP contribution < -0.4 is 0 Å². The third-order valence-electron chi connectivity index (χ3n) is 29.1. The Balaban J connectivity index is 0.000000109. The molecule has 21 aromatic carbocycles. The third kappa shape index (κ3) is 15.4. The van der Waals surface area contributed by atoms with Gasteiger partial charge in [0.25, 0.3) is 0 Å². The van der Waals surface area contributed by atoms with Crippen molar-refractivity contribution in [3.05, 3.63) is 544 Å². The van der Waals surface area contributed by atoms with E-state index in [1.165, 1.54) is 110 Å². The van der Waals surface area contributed by atoms with Gasteiger partial charge in [0.05, 0.1) is 55.2 Å². The van der Waals surface area contributed by atoms with Gasteiger partial charge in [0, 0.05) is 121 Å². The summed E-state index contributed by atoms with van der Waals surface area (Å²) in [4.78, 5) is 45.2. The first-order valence-corrected chi connectivity index (χ1v) is 50.6. The molecule has 29 aromatic rings. The Labute approximate surface area is 863 Å². The second-order valence-electron chi connectivity index (χ2n) is 37.8. The number of para-hydroxylation sites is 7. The van der Waals surface area contributed by atoms with Crippen LogP contribution in [0.15, 0.2) is 528 Å². The van der Waals surface area contributed by atoms with Crippen LogP contribution in [-0.2, 0) is 0 Å². The first kappa shape index (κ1) is 87.4. The monoisotopic (exact) mass is 1920 g/mol. The maximum absolute atomic E-state index is 5.17. The van der Waals surface area contributed by atoms with Crippen LogP contribution in [-0.4, -0.2) is 67.7 Å². The van der Waals surface area contributed by atoms with E-state index in [1.54, 1.807) is 0 Å². The smallest absolute Gasteiger partial charge is 0.238 e. The van der Waals surface area contributed by atoms with Crippen molar-refractivity contribution in [3.8, 4) is 142 Å². The van der Waals surface area contributed by atoms with Crippen molar-refractivity contribution in [1.29, 1.82) is 0 Å². The molecule has 702 valence electrons. The van der Waals surface area contributed by atoms with Gasteiger partial charge in [0.15, 0.2) is 40.8 Å². The van der Waals surface area contributed by atoms with E-state index in [4.69, 9.17) is 44.9 Å². The summed E-state index contributed by atoms with van der Waals surface area (Å²) in [6.07, 6.45) is 0. The van der Waals surface area contributed by atoms with Crippen molar-refractivity contribution in [1.82, 2.24) is 67.7 Å². The van der Waals surface area contributed by atoms with E-state index in [0.29, 0.717) is 52.7 Å². The second-order valence-corrected chi connectivity index (χ2v) is 37.8. The van der Waals surface area contributed by atoms with Crippen LogP contribution >= 0.6 is 0 Å². The molecular weight excluding hydrogens is 1830 g/mol. The normalized spacial score (nSPS) is 12.2. The Bertz CT molecular complexity index is 10100. The topological polar surface area (TPSA) is 141 Å². The highest BCUT2D eigenvalue weighted by atomic mass is 15.2. The molecule has 14 nitrogen and oxygen atoms in total. The number of rotatable bonds is 15. The highest BCUT2D eigenvalue weighted by Gasteiger charge is 2.35. The minimum absolute atomic E-state index is 0.149. The van der Waals surface area contributed by atoms with E-state index in [1.807, 2.05) is 158 Å². The average molecular weight is 1920 g/mol. The summed E-state index contributed by atoms with van der Waals surface area (Å²) >= 11 is 0. The maximum Gasteiger partial charge on any atom is 0.238 e. The molecule has 0 amide bonds. The molecule has 150 heavy (non-hydrogen) atoms. The van der Waals surface area contributed by atoms with Crippen molar-refractivity contribution < 1.29 is 0 Å². The number of benzene rings is 21. The fourth-order valence-corrected chi connectivity index (χ4v) is 22.3. The minimum atomic E-state index is 0.149. The van der Waals surface area contributed by atoms with Gasteiger partial charge >= 0.3 is 0 Å². The Morgan fingerprint density at radius 3 is 0.733 bits per heavy atom. The zero-order chi connectivity index (χ0) is 99.1. The zero-order valence-electron chi connectivity index (χ0n) is 81.1. The van der Waals surface area contributed by atoms with Crippen LogP contribution in [0.4, 0.5) is 0 Å². The zero-order valence-corrected chi connectivity index (χ0v) is 81.1. The average Bonchev–Trinajstić information content (AvgIpc) is 1.54. The van der Waals surface area contributed by atoms with E-state index < -0.39 is 0 Å². The van der Waals surface area contributed by atoms with Gasteiger partial charge in [-0.3, -0.25) is 9.13 Å². The number of fused-ring (bicyclic) bond motifs is 19. The van der Waals surface area contributed by atoms with E-state index in [2.05, 4.69) is 393 Å².